The summed E-state index contributed by atoms with van der Waals surface area (Å²) in [6, 6.07) is 17.4. The predicted molar refractivity (Wildman–Crippen MR) is 190 cm³/mol. The molecule has 2 aromatic heterocycles. The quantitative estimate of drug-likeness (QED) is 0.122. The zero-order valence-electron chi connectivity index (χ0n) is 28.8. The molecule has 2 saturated heterocycles. The third-order valence-electron chi connectivity index (χ3n) is 9.21. The fourth-order valence-corrected chi connectivity index (χ4v) is 7.16. The molecule has 1 N–H and O–H groups in total. The van der Waals surface area contributed by atoms with Gasteiger partial charge in [0, 0.05) is 52.5 Å². The maximum atomic E-state index is 14.4. The van der Waals surface area contributed by atoms with E-state index in [1.165, 1.54) is 4.90 Å². The zero-order chi connectivity index (χ0) is 35.3. The van der Waals surface area contributed by atoms with E-state index in [1.807, 2.05) is 53.1 Å². The number of benzene rings is 2. The predicted octanol–water partition coefficient (Wildman–Crippen LogP) is 7.25. The van der Waals surface area contributed by atoms with Gasteiger partial charge in [-0.25, -0.2) is 14.8 Å². The molecule has 4 aromatic rings. The monoisotopic (exact) mass is 710 g/mol. The smallest absolute Gasteiger partial charge is 0.410 e. The van der Waals surface area contributed by atoms with Crippen molar-refractivity contribution in [2.45, 2.75) is 57.7 Å². The molecule has 1 unspecified atom stereocenters. The lowest BCUT2D eigenvalue weighted by Gasteiger charge is -2.28. The van der Waals surface area contributed by atoms with Crippen LogP contribution in [0, 0.1) is 5.92 Å². The second-order valence-electron chi connectivity index (χ2n) is 14.1. The fraction of sp³-hybridized carbons (Fsp3) is 0.472. The maximum Gasteiger partial charge on any atom is 0.410 e. The summed E-state index contributed by atoms with van der Waals surface area (Å²) in [7, 11) is -1.30. The summed E-state index contributed by atoms with van der Waals surface area (Å²) in [6.07, 6.45) is -3.36. The lowest BCUT2D eigenvalue weighted by Crippen LogP contribution is -2.44. The van der Waals surface area contributed by atoms with Crippen LogP contribution in [0.25, 0.3) is 22.3 Å². The van der Waals surface area contributed by atoms with E-state index >= 15 is 0 Å². The highest BCUT2D eigenvalue weighted by molar-refractivity contribution is 6.76. The Hall–Kier alpha value is -4.14. The third kappa shape index (κ3) is 8.77. The number of carbonyl (C=O) groups excluding carboxylic acids is 1. The standard InChI is InChI=1S/C36H45F3N6O4Si/c1-50(2,3)20-19-48-25-45-31(21-30-33(40-24-41-34(30)45)43-15-17-47-18-16-43)27-9-11-29(12-10-27)42-32(36(37,38)39)28-13-14-44(22-28)35(46)49-23-26-7-5-4-6-8-26/h4-12,21,24,28,32,42H,13-20,22-23,25H2,1-3H3/t28-,32?/m1/s1. The molecule has 2 fully saturated rings. The van der Waals surface area contributed by atoms with E-state index in [4.69, 9.17) is 14.2 Å². The number of carbonyl (C=O) groups is 1. The molecule has 50 heavy (non-hydrogen) atoms. The first kappa shape index (κ1) is 35.7. The summed E-state index contributed by atoms with van der Waals surface area (Å²) in [5, 5.41) is 3.61. The van der Waals surface area contributed by atoms with Crippen molar-refractivity contribution in [1.82, 2.24) is 19.4 Å². The number of rotatable bonds is 12. The van der Waals surface area contributed by atoms with E-state index in [0.717, 1.165) is 39.7 Å². The minimum atomic E-state index is -4.53. The van der Waals surface area contributed by atoms with Crippen molar-refractivity contribution in [3.8, 4) is 11.3 Å². The summed E-state index contributed by atoms with van der Waals surface area (Å²) >= 11 is 0. The Kier molecular flexibility index (Phi) is 11.0. The largest absolute Gasteiger partial charge is 0.445 e. The van der Waals surface area contributed by atoms with Gasteiger partial charge in [-0.2, -0.15) is 13.2 Å². The Balaban J connectivity index is 1.19. The molecule has 2 aliphatic rings. The second-order valence-corrected chi connectivity index (χ2v) is 19.7. The molecule has 10 nitrogen and oxygen atoms in total. The molecule has 2 aliphatic heterocycles. The highest BCUT2D eigenvalue weighted by Gasteiger charge is 2.47. The van der Waals surface area contributed by atoms with Crippen LogP contribution in [0.4, 0.5) is 29.5 Å². The molecular formula is C36H45F3N6O4Si. The summed E-state index contributed by atoms with van der Waals surface area (Å²) < 4.78 is 62.5. The van der Waals surface area contributed by atoms with Gasteiger partial charge >= 0.3 is 12.3 Å². The molecule has 2 aromatic carbocycles. The van der Waals surface area contributed by atoms with Crippen molar-refractivity contribution in [1.29, 1.82) is 0 Å². The van der Waals surface area contributed by atoms with Crippen LogP contribution in [0.5, 0.6) is 0 Å². The van der Waals surface area contributed by atoms with Gasteiger partial charge in [0.2, 0.25) is 0 Å². The number of morpholine rings is 1. The highest BCUT2D eigenvalue weighted by atomic mass is 28.3. The average molecular weight is 711 g/mol. The number of fused-ring (bicyclic) bond motifs is 1. The second kappa shape index (κ2) is 15.4. The summed E-state index contributed by atoms with van der Waals surface area (Å²) in [4.78, 5) is 25.5. The van der Waals surface area contributed by atoms with E-state index in [2.05, 4.69) is 39.8 Å². The van der Waals surface area contributed by atoms with Gasteiger partial charge in [0.05, 0.1) is 24.3 Å². The van der Waals surface area contributed by atoms with Gasteiger partial charge in [-0.15, -0.1) is 0 Å². The number of ether oxygens (including phenoxy) is 3. The van der Waals surface area contributed by atoms with Crippen molar-refractivity contribution in [3.05, 3.63) is 72.6 Å². The first-order chi connectivity index (χ1) is 24.0. The van der Waals surface area contributed by atoms with Crippen LogP contribution < -0.4 is 10.2 Å². The van der Waals surface area contributed by atoms with Crippen molar-refractivity contribution in [2.75, 3.05) is 56.2 Å². The van der Waals surface area contributed by atoms with Crippen LogP contribution in [0.1, 0.15) is 12.0 Å². The van der Waals surface area contributed by atoms with E-state index in [0.29, 0.717) is 38.6 Å². The molecule has 0 spiro atoms. The molecule has 0 saturated carbocycles. The van der Waals surface area contributed by atoms with Gasteiger partial charge in [-0.1, -0.05) is 62.1 Å². The minimum Gasteiger partial charge on any atom is -0.445 e. The molecule has 1 amide bonds. The Labute approximate surface area is 291 Å². The summed E-state index contributed by atoms with van der Waals surface area (Å²) in [6.45, 7) is 10.7. The molecule has 0 aliphatic carbocycles. The van der Waals surface area contributed by atoms with Gasteiger partial charge in [0.15, 0.2) is 0 Å². The van der Waals surface area contributed by atoms with Crippen molar-refractivity contribution in [3.63, 3.8) is 0 Å². The van der Waals surface area contributed by atoms with E-state index < -0.39 is 32.3 Å². The van der Waals surface area contributed by atoms with Gasteiger partial charge in [-0.3, -0.25) is 0 Å². The zero-order valence-corrected chi connectivity index (χ0v) is 29.8. The first-order valence-corrected chi connectivity index (χ1v) is 20.8. The Bertz CT molecular complexity index is 1730. The summed E-state index contributed by atoms with van der Waals surface area (Å²) in [5.41, 5.74) is 3.53. The number of hydrogen-bond donors (Lipinski definition) is 1. The van der Waals surface area contributed by atoms with Crippen molar-refractivity contribution >= 4 is 36.7 Å². The Morgan fingerprint density at radius 2 is 1.78 bits per heavy atom. The minimum absolute atomic E-state index is 0.0484. The van der Waals surface area contributed by atoms with Crippen molar-refractivity contribution in [2.24, 2.45) is 5.92 Å². The van der Waals surface area contributed by atoms with E-state index in [9.17, 15) is 18.0 Å². The van der Waals surface area contributed by atoms with E-state index in [-0.39, 0.29) is 32.8 Å². The lowest BCUT2D eigenvalue weighted by molar-refractivity contribution is -0.152. The molecule has 4 heterocycles. The molecule has 0 bridgehead atoms. The third-order valence-corrected chi connectivity index (χ3v) is 10.9. The van der Waals surface area contributed by atoms with Gasteiger partial charge in [0.1, 0.15) is 37.2 Å². The number of aromatic nitrogens is 3. The normalized spacial score (nSPS) is 17.7. The van der Waals surface area contributed by atoms with Crippen LogP contribution in [0.2, 0.25) is 25.7 Å². The van der Waals surface area contributed by atoms with Crippen LogP contribution in [0.15, 0.2) is 67.0 Å². The number of likely N-dealkylation sites (tertiary alicyclic amines) is 1. The van der Waals surface area contributed by atoms with Crippen LogP contribution in [0.3, 0.4) is 0 Å². The van der Waals surface area contributed by atoms with Crippen LogP contribution in [-0.4, -0.2) is 91.8 Å². The Morgan fingerprint density at radius 1 is 1.04 bits per heavy atom. The highest BCUT2D eigenvalue weighted by Crippen LogP contribution is 2.36. The number of alkyl halides is 3. The Morgan fingerprint density at radius 3 is 2.48 bits per heavy atom. The van der Waals surface area contributed by atoms with E-state index in [1.54, 1.807) is 18.5 Å². The summed E-state index contributed by atoms with van der Waals surface area (Å²) in [5.74, 6) is -0.00627. The van der Waals surface area contributed by atoms with Crippen LogP contribution in [-0.2, 0) is 27.5 Å². The molecule has 268 valence electrons. The molecular weight excluding hydrogens is 666 g/mol. The molecule has 0 radical (unpaired) electrons. The van der Waals surface area contributed by atoms with Crippen molar-refractivity contribution < 1.29 is 32.2 Å². The molecule has 2 atom stereocenters. The fourth-order valence-electron chi connectivity index (χ4n) is 6.40. The number of anilines is 2. The first-order valence-electron chi connectivity index (χ1n) is 17.1. The lowest BCUT2D eigenvalue weighted by atomic mass is 9.98. The topological polar surface area (TPSA) is 94.0 Å². The van der Waals surface area contributed by atoms with Gasteiger partial charge in [-0.05, 0) is 41.8 Å². The number of hydrogen-bond acceptors (Lipinski definition) is 8. The number of halogens is 3. The number of nitrogens with zero attached hydrogens (tertiary/aromatic N) is 5. The number of amides is 1. The van der Waals surface area contributed by atoms with Gasteiger partial charge in [0.25, 0.3) is 0 Å². The van der Waals surface area contributed by atoms with Crippen LogP contribution >= 0.6 is 0 Å². The molecule has 6 rings (SSSR count). The average Bonchev–Trinajstić information content (AvgIpc) is 3.74. The van der Waals surface area contributed by atoms with Gasteiger partial charge < -0.3 is 33.9 Å². The number of nitrogens with one attached hydrogen (secondary N) is 1. The molecule has 14 heteroatoms. The SMILES string of the molecule is C[Si](C)(C)CCOCn1c(-c2ccc(NC([C@@H]3CCN(C(=O)OCc4ccccc4)C3)C(F)(F)F)cc2)cc2c(N3CCOCC3)ncnc21. The maximum absolute atomic E-state index is 14.4.